The summed E-state index contributed by atoms with van der Waals surface area (Å²) in [6, 6.07) is 40.6. The quantitative estimate of drug-likeness (QED) is 0.136. The Hall–Kier alpha value is -6.70. The normalized spacial score (nSPS) is 14.1. The average molecular weight is 655 g/mol. The Morgan fingerprint density at radius 2 is 0.882 bits per heavy atom. The third-order valence-corrected chi connectivity index (χ3v) is 10.3. The Kier molecular flexibility index (Phi) is 4.57. The van der Waals surface area contributed by atoms with Crippen LogP contribution in [0.1, 0.15) is 11.0 Å². The van der Waals surface area contributed by atoms with Crippen LogP contribution < -0.4 is 0 Å². The van der Waals surface area contributed by atoms with Crippen LogP contribution in [0.3, 0.4) is 0 Å². The molecule has 1 heteroatoms. The maximum absolute atomic E-state index is 9.57. The maximum Gasteiger partial charge on any atom is 0.143 e. The van der Waals surface area contributed by atoms with Gasteiger partial charge in [0.2, 0.25) is 0 Å². The molecule has 0 atom stereocenters. The molecule has 51 heavy (non-hydrogen) atoms. The number of para-hydroxylation sites is 1. The van der Waals surface area contributed by atoms with Gasteiger partial charge in [0.05, 0.1) is 11.0 Å². The molecule has 0 aliphatic heterocycles. The number of hydrogen-bond donors (Lipinski definition) is 0. The van der Waals surface area contributed by atoms with Gasteiger partial charge in [0.25, 0.3) is 0 Å². The lowest BCUT2D eigenvalue weighted by molar-refractivity contribution is 0.670. The lowest BCUT2D eigenvalue weighted by atomic mass is 9.84. The molecule has 0 N–H and O–H groups in total. The van der Waals surface area contributed by atoms with Gasteiger partial charge in [-0.3, -0.25) is 0 Å². The molecule has 0 fully saturated rings. The third kappa shape index (κ3) is 4.09. The van der Waals surface area contributed by atoms with Gasteiger partial charge in [-0.2, -0.15) is 0 Å². The van der Waals surface area contributed by atoms with Crippen LogP contribution in [0, 0.1) is 0 Å². The van der Waals surface area contributed by atoms with Gasteiger partial charge in [0.15, 0.2) is 0 Å². The summed E-state index contributed by atoms with van der Waals surface area (Å²) in [6.07, 6.45) is 0. The highest BCUT2D eigenvalue weighted by atomic mass is 16.3. The van der Waals surface area contributed by atoms with Gasteiger partial charge in [-0.05, 0) is 82.2 Å². The minimum absolute atomic E-state index is 0.144. The second kappa shape index (κ2) is 10.9. The monoisotopic (exact) mass is 654 g/mol. The summed E-state index contributed by atoms with van der Waals surface area (Å²) in [6.45, 7) is 0. The van der Waals surface area contributed by atoms with Crippen LogP contribution in [0.4, 0.5) is 0 Å². The highest BCUT2D eigenvalue weighted by Crippen LogP contribution is 2.48. The van der Waals surface area contributed by atoms with Gasteiger partial charge >= 0.3 is 0 Å². The van der Waals surface area contributed by atoms with Gasteiger partial charge in [0, 0.05) is 21.9 Å². The summed E-state index contributed by atoms with van der Waals surface area (Å²) in [4.78, 5) is 0. The number of fused-ring (bicyclic) bond motifs is 10. The van der Waals surface area contributed by atoms with Gasteiger partial charge in [-0.25, -0.2) is 0 Å². The fourth-order valence-electron chi connectivity index (χ4n) is 8.14. The number of furan rings is 1. The Labute approximate surface area is 305 Å². The standard InChI is InChI=1S/C50H30O/c1-2-13-31(14-3-1)33-21-10-22-35-36-23-11-24-39(38(36)29-28-37(33)35)47-40-17-6-8-19-42(40)48(43-20-9-7-18-41(43)47)44-25-12-26-45-49-34-16-5-4-15-32(34)27-30-46(49)51-50(44)45/h1-30H/i6D,7D,8D,9D,17D,18D,19D,20D. The molecule has 1 heterocycles. The summed E-state index contributed by atoms with van der Waals surface area (Å²) in [5, 5.41) is 7.94. The first-order valence-electron chi connectivity index (χ1n) is 20.9. The van der Waals surface area contributed by atoms with Crippen molar-refractivity contribution in [1.29, 1.82) is 0 Å². The Bertz CT molecular complexity index is 3570. The van der Waals surface area contributed by atoms with Crippen LogP contribution in [0.25, 0.3) is 109 Å². The molecule has 236 valence electrons. The average Bonchev–Trinajstić information content (AvgIpc) is 3.67. The molecule has 0 amide bonds. The van der Waals surface area contributed by atoms with E-state index in [0.29, 0.717) is 27.9 Å². The van der Waals surface area contributed by atoms with Gasteiger partial charge in [0.1, 0.15) is 11.2 Å². The zero-order valence-electron chi connectivity index (χ0n) is 35.1. The van der Waals surface area contributed by atoms with Crippen molar-refractivity contribution >= 4 is 75.8 Å². The maximum atomic E-state index is 9.57. The predicted molar refractivity (Wildman–Crippen MR) is 218 cm³/mol. The van der Waals surface area contributed by atoms with Crippen molar-refractivity contribution in [2.75, 3.05) is 0 Å². The molecule has 1 nitrogen and oxygen atoms in total. The molecule has 0 unspecified atom stereocenters. The molecule has 0 aliphatic carbocycles. The predicted octanol–water partition coefficient (Wildman–Crippen LogP) is 14.4. The molecular weight excluding hydrogens is 617 g/mol. The summed E-state index contributed by atoms with van der Waals surface area (Å²) < 4.78 is 80.8. The fraction of sp³-hybridized carbons (Fsp3) is 0. The summed E-state index contributed by atoms with van der Waals surface area (Å²) in [5.41, 5.74) is 4.80. The Balaban J connectivity index is 1.35. The lowest BCUT2D eigenvalue weighted by Crippen LogP contribution is -1.92. The molecule has 11 aromatic rings. The molecule has 0 saturated heterocycles. The van der Waals surface area contributed by atoms with Gasteiger partial charge < -0.3 is 4.42 Å². The van der Waals surface area contributed by atoms with E-state index in [9.17, 15) is 5.48 Å². The first kappa shape index (κ1) is 21.4. The zero-order valence-corrected chi connectivity index (χ0v) is 27.1. The van der Waals surface area contributed by atoms with E-state index in [2.05, 4.69) is 30.3 Å². The summed E-state index contributed by atoms with van der Waals surface area (Å²) in [5.74, 6) is 0. The van der Waals surface area contributed by atoms with Crippen molar-refractivity contribution in [3.8, 4) is 33.4 Å². The van der Waals surface area contributed by atoms with Gasteiger partial charge in [-0.1, -0.05) is 176 Å². The van der Waals surface area contributed by atoms with Crippen LogP contribution in [-0.4, -0.2) is 0 Å². The van der Waals surface area contributed by atoms with Crippen LogP contribution in [0.15, 0.2) is 186 Å². The highest BCUT2D eigenvalue weighted by Gasteiger charge is 2.22. The number of benzene rings is 10. The summed E-state index contributed by atoms with van der Waals surface area (Å²) >= 11 is 0. The van der Waals surface area contributed by atoms with Crippen LogP contribution >= 0.6 is 0 Å². The first-order valence-corrected chi connectivity index (χ1v) is 16.9. The van der Waals surface area contributed by atoms with Crippen LogP contribution in [0.2, 0.25) is 0 Å². The van der Waals surface area contributed by atoms with Crippen molar-refractivity contribution in [3.05, 3.63) is 182 Å². The minimum Gasteiger partial charge on any atom is -0.455 e. The summed E-state index contributed by atoms with van der Waals surface area (Å²) in [7, 11) is 0. The largest absolute Gasteiger partial charge is 0.455 e. The molecule has 0 saturated carbocycles. The Morgan fingerprint density at radius 3 is 1.57 bits per heavy atom. The van der Waals surface area contributed by atoms with E-state index in [1.54, 1.807) is 6.07 Å². The van der Waals surface area contributed by atoms with E-state index in [4.69, 9.17) is 9.90 Å². The number of rotatable bonds is 3. The SMILES string of the molecule is [2H]c1c([2H])c([2H])c2c(-c3cccc4c3oc3ccc5ccccc5c34)c3c([2H])c([2H])c([2H])c([2H])c3c(-c3cccc4c3ccc3c(-c5ccccc5)cccc34)c2c1[2H]. The molecule has 11 rings (SSSR count). The second-order valence-corrected chi connectivity index (χ2v) is 12.9. The molecule has 10 aromatic carbocycles. The molecule has 0 bridgehead atoms. The van der Waals surface area contributed by atoms with E-state index < -0.39 is 24.2 Å². The van der Waals surface area contributed by atoms with Crippen LogP contribution in [0.5, 0.6) is 0 Å². The first-order chi connectivity index (χ1) is 28.7. The smallest absolute Gasteiger partial charge is 0.143 e. The molecular formula is C50H30O. The minimum atomic E-state index is -0.449. The van der Waals surface area contributed by atoms with Crippen LogP contribution in [-0.2, 0) is 0 Å². The van der Waals surface area contributed by atoms with E-state index in [1.165, 1.54) is 0 Å². The van der Waals surface area contributed by atoms with Crippen molar-refractivity contribution in [2.24, 2.45) is 0 Å². The zero-order chi connectivity index (χ0) is 40.4. The van der Waals surface area contributed by atoms with Crippen molar-refractivity contribution in [1.82, 2.24) is 0 Å². The van der Waals surface area contributed by atoms with E-state index in [1.807, 2.05) is 97.1 Å². The lowest BCUT2D eigenvalue weighted by Gasteiger charge is -2.19. The van der Waals surface area contributed by atoms with E-state index in [0.717, 1.165) is 54.2 Å². The van der Waals surface area contributed by atoms with Gasteiger partial charge in [-0.15, -0.1) is 0 Å². The molecule has 1 aromatic heterocycles. The van der Waals surface area contributed by atoms with Crippen molar-refractivity contribution < 1.29 is 15.4 Å². The number of hydrogen-bond acceptors (Lipinski definition) is 1. The third-order valence-electron chi connectivity index (χ3n) is 10.3. The van der Waals surface area contributed by atoms with Crippen molar-refractivity contribution in [2.45, 2.75) is 0 Å². The molecule has 0 spiro atoms. The fourth-order valence-corrected chi connectivity index (χ4v) is 8.14. The highest BCUT2D eigenvalue weighted by molar-refractivity contribution is 6.28. The van der Waals surface area contributed by atoms with E-state index >= 15 is 0 Å². The molecule has 0 aliphatic rings. The topological polar surface area (TPSA) is 13.1 Å². The second-order valence-electron chi connectivity index (χ2n) is 12.9. The Morgan fingerprint density at radius 1 is 0.353 bits per heavy atom. The molecule has 0 radical (unpaired) electrons. The van der Waals surface area contributed by atoms with E-state index in [-0.39, 0.29) is 51.3 Å². The van der Waals surface area contributed by atoms with Crippen molar-refractivity contribution in [3.63, 3.8) is 0 Å².